The average molecular weight is 211 g/mol. The lowest BCUT2D eigenvalue weighted by atomic mass is 9.90. The maximum absolute atomic E-state index is 11.6. The van der Waals surface area contributed by atoms with Gasteiger partial charge in [-0.25, -0.2) is 0 Å². The molecule has 0 radical (unpaired) electrons. The fourth-order valence-electron chi connectivity index (χ4n) is 2.54. The normalized spacial score (nSPS) is 27.9. The van der Waals surface area contributed by atoms with Crippen molar-refractivity contribution in [3.8, 4) is 0 Å². The van der Waals surface area contributed by atoms with Gasteiger partial charge >= 0.3 is 5.97 Å². The smallest absolute Gasteiger partial charge is 0.323 e. The summed E-state index contributed by atoms with van der Waals surface area (Å²) in [5.41, 5.74) is 0. The van der Waals surface area contributed by atoms with Crippen LogP contribution in [0.2, 0.25) is 0 Å². The van der Waals surface area contributed by atoms with Crippen molar-refractivity contribution in [1.29, 1.82) is 0 Å². The van der Waals surface area contributed by atoms with Gasteiger partial charge in [0.1, 0.15) is 6.04 Å². The van der Waals surface area contributed by atoms with Crippen LogP contribution in [0, 0.1) is 5.92 Å². The molecule has 0 unspecified atom stereocenters. The summed E-state index contributed by atoms with van der Waals surface area (Å²) in [5, 5.41) is 3.17. The molecule has 15 heavy (non-hydrogen) atoms. The van der Waals surface area contributed by atoms with Crippen LogP contribution in [-0.4, -0.2) is 25.2 Å². The summed E-state index contributed by atoms with van der Waals surface area (Å²) >= 11 is 0. The first kappa shape index (κ1) is 10.9. The van der Waals surface area contributed by atoms with E-state index in [1.807, 2.05) is 0 Å². The number of ether oxygens (including phenoxy) is 1. The summed E-state index contributed by atoms with van der Waals surface area (Å²) < 4.78 is 5.36. The molecule has 1 atom stereocenters. The first-order valence-corrected chi connectivity index (χ1v) is 6.26. The maximum atomic E-state index is 11.6. The molecular formula is C12H21NO2. The third-order valence-corrected chi connectivity index (χ3v) is 3.53. The molecule has 2 aliphatic rings. The highest BCUT2D eigenvalue weighted by molar-refractivity contribution is 5.76. The van der Waals surface area contributed by atoms with Gasteiger partial charge in [-0.3, -0.25) is 4.79 Å². The zero-order chi connectivity index (χ0) is 10.5. The standard InChI is InChI=1S/C12H21NO2/c14-12(11-7-4-8-13-11)15-9-10-5-2-1-3-6-10/h10-11,13H,1-9H2/t11-/m0/s1. The van der Waals surface area contributed by atoms with Gasteiger partial charge in [-0.05, 0) is 38.1 Å². The van der Waals surface area contributed by atoms with Gasteiger partial charge in [0.15, 0.2) is 0 Å². The highest BCUT2D eigenvalue weighted by Crippen LogP contribution is 2.23. The zero-order valence-electron chi connectivity index (χ0n) is 9.34. The lowest BCUT2D eigenvalue weighted by Crippen LogP contribution is -2.33. The number of rotatable bonds is 3. The summed E-state index contributed by atoms with van der Waals surface area (Å²) in [6.07, 6.45) is 8.51. The molecule has 2 fully saturated rings. The number of carbonyl (C=O) groups excluding carboxylic acids is 1. The number of hydrogen-bond acceptors (Lipinski definition) is 3. The molecule has 1 saturated heterocycles. The summed E-state index contributed by atoms with van der Waals surface area (Å²) in [4.78, 5) is 11.6. The Hall–Kier alpha value is -0.570. The molecule has 1 saturated carbocycles. The van der Waals surface area contributed by atoms with Crippen LogP contribution in [0.3, 0.4) is 0 Å². The van der Waals surface area contributed by atoms with Gasteiger partial charge in [-0.1, -0.05) is 19.3 Å². The lowest BCUT2D eigenvalue weighted by Gasteiger charge is -2.21. The molecular weight excluding hydrogens is 190 g/mol. The number of esters is 1. The molecule has 0 amide bonds. The Kier molecular flexibility index (Phi) is 4.01. The van der Waals surface area contributed by atoms with E-state index in [0.717, 1.165) is 19.4 Å². The number of carbonyl (C=O) groups is 1. The van der Waals surface area contributed by atoms with Crippen LogP contribution in [0.1, 0.15) is 44.9 Å². The highest BCUT2D eigenvalue weighted by atomic mass is 16.5. The van der Waals surface area contributed by atoms with Crippen LogP contribution in [0.25, 0.3) is 0 Å². The average Bonchev–Trinajstić information content (AvgIpc) is 2.81. The Bertz CT molecular complexity index is 206. The predicted octanol–water partition coefficient (Wildman–Crippen LogP) is 1.86. The monoisotopic (exact) mass is 211 g/mol. The Morgan fingerprint density at radius 3 is 2.60 bits per heavy atom. The third-order valence-electron chi connectivity index (χ3n) is 3.53. The van der Waals surface area contributed by atoms with Gasteiger partial charge in [0, 0.05) is 0 Å². The summed E-state index contributed by atoms with van der Waals surface area (Å²) in [6.45, 7) is 1.61. The maximum Gasteiger partial charge on any atom is 0.323 e. The van der Waals surface area contributed by atoms with E-state index in [-0.39, 0.29) is 12.0 Å². The zero-order valence-corrected chi connectivity index (χ0v) is 9.34. The van der Waals surface area contributed by atoms with Crippen LogP contribution in [0.15, 0.2) is 0 Å². The minimum absolute atomic E-state index is 0.0198. The van der Waals surface area contributed by atoms with E-state index in [1.54, 1.807) is 0 Å². The van der Waals surface area contributed by atoms with Gasteiger partial charge in [0.2, 0.25) is 0 Å². The fraction of sp³-hybridized carbons (Fsp3) is 0.917. The van der Waals surface area contributed by atoms with Gasteiger partial charge in [-0.2, -0.15) is 0 Å². The molecule has 0 aromatic carbocycles. The number of nitrogens with one attached hydrogen (secondary N) is 1. The fourth-order valence-corrected chi connectivity index (χ4v) is 2.54. The van der Waals surface area contributed by atoms with Crippen LogP contribution in [-0.2, 0) is 9.53 Å². The van der Waals surface area contributed by atoms with Crippen LogP contribution < -0.4 is 5.32 Å². The van der Waals surface area contributed by atoms with Crippen molar-refractivity contribution in [2.45, 2.75) is 51.0 Å². The van der Waals surface area contributed by atoms with Crippen molar-refractivity contribution in [1.82, 2.24) is 5.32 Å². The van der Waals surface area contributed by atoms with Crippen molar-refractivity contribution in [3.05, 3.63) is 0 Å². The molecule has 1 aliphatic heterocycles. The van der Waals surface area contributed by atoms with Crippen molar-refractivity contribution in [3.63, 3.8) is 0 Å². The second-order valence-corrected chi connectivity index (χ2v) is 4.78. The SMILES string of the molecule is O=C(OCC1CCCCC1)[C@@H]1CCCN1. The molecule has 3 heteroatoms. The summed E-state index contributed by atoms with van der Waals surface area (Å²) in [5.74, 6) is 0.599. The van der Waals surface area contributed by atoms with Crippen molar-refractivity contribution >= 4 is 5.97 Å². The van der Waals surface area contributed by atoms with E-state index in [4.69, 9.17) is 4.74 Å². The minimum atomic E-state index is -0.0296. The largest absolute Gasteiger partial charge is 0.464 e. The molecule has 0 aromatic heterocycles. The van der Waals surface area contributed by atoms with E-state index < -0.39 is 0 Å². The van der Waals surface area contributed by atoms with Crippen LogP contribution in [0.4, 0.5) is 0 Å². The van der Waals surface area contributed by atoms with Crippen molar-refractivity contribution < 1.29 is 9.53 Å². The summed E-state index contributed by atoms with van der Waals surface area (Å²) in [6, 6.07) is -0.0198. The Morgan fingerprint density at radius 1 is 1.13 bits per heavy atom. The van der Waals surface area contributed by atoms with E-state index in [2.05, 4.69) is 5.32 Å². The van der Waals surface area contributed by atoms with Gasteiger partial charge < -0.3 is 10.1 Å². The predicted molar refractivity (Wildman–Crippen MR) is 58.6 cm³/mol. The molecule has 2 rings (SSSR count). The molecule has 0 aromatic rings. The quantitative estimate of drug-likeness (QED) is 0.724. The molecule has 1 aliphatic carbocycles. The molecule has 86 valence electrons. The van der Waals surface area contributed by atoms with Crippen molar-refractivity contribution in [2.24, 2.45) is 5.92 Å². The third kappa shape index (κ3) is 3.20. The van der Waals surface area contributed by atoms with E-state index in [9.17, 15) is 4.79 Å². The molecule has 0 spiro atoms. The first-order chi connectivity index (χ1) is 7.36. The van der Waals surface area contributed by atoms with Gasteiger partial charge in [0.25, 0.3) is 0 Å². The number of hydrogen-bond donors (Lipinski definition) is 1. The minimum Gasteiger partial charge on any atom is -0.464 e. The topological polar surface area (TPSA) is 38.3 Å². The Balaban J connectivity index is 1.65. The molecule has 3 nitrogen and oxygen atoms in total. The summed E-state index contributed by atoms with van der Waals surface area (Å²) in [7, 11) is 0. The highest BCUT2D eigenvalue weighted by Gasteiger charge is 2.24. The van der Waals surface area contributed by atoms with E-state index in [1.165, 1.54) is 32.1 Å². The second kappa shape index (κ2) is 5.50. The van der Waals surface area contributed by atoms with Gasteiger partial charge in [0.05, 0.1) is 6.61 Å². The lowest BCUT2D eigenvalue weighted by molar-refractivity contribution is -0.147. The second-order valence-electron chi connectivity index (χ2n) is 4.78. The van der Waals surface area contributed by atoms with Crippen LogP contribution >= 0.6 is 0 Å². The van der Waals surface area contributed by atoms with Crippen molar-refractivity contribution in [2.75, 3.05) is 13.2 Å². The van der Waals surface area contributed by atoms with E-state index in [0.29, 0.717) is 12.5 Å². The Morgan fingerprint density at radius 2 is 1.93 bits per heavy atom. The molecule has 1 heterocycles. The molecule has 1 N–H and O–H groups in total. The van der Waals surface area contributed by atoms with Crippen LogP contribution in [0.5, 0.6) is 0 Å². The molecule has 0 bridgehead atoms. The Labute approximate surface area is 91.6 Å². The first-order valence-electron chi connectivity index (χ1n) is 6.26. The van der Waals surface area contributed by atoms with Gasteiger partial charge in [-0.15, -0.1) is 0 Å². The van der Waals surface area contributed by atoms with E-state index >= 15 is 0 Å².